The van der Waals surface area contributed by atoms with Crippen molar-refractivity contribution in [2.45, 2.75) is 119 Å². The molecule has 0 bridgehead atoms. The monoisotopic (exact) mass is 788 g/mol. The lowest BCUT2D eigenvalue weighted by molar-refractivity contribution is -0.198. The Kier molecular flexibility index (Phi) is 14.7. The number of rotatable bonds is 17. The number of hydrogen-bond donors (Lipinski definition) is 0. The van der Waals surface area contributed by atoms with Crippen LogP contribution in [-0.2, 0) is 37.6 Å². The summed E-state index contributed by atoms with van der Waals surface area (Å²) < 4.78 is 66.4. The largest absolute Gasteiger partial charge is 0.391 e. The van der Waals surface area contributed by atoms with Gasteiger partial charge >= 0.3 is 6.18 Å². The highest BCUT2D eigenvalue weighted by Crippen LogP contribution is 2.47. The second-order valence-electron chi connectivity index (χ2n) is 15.6. The number of allylic oxidation sites excluding steroid dienone is 2. The Labute approximate surface area is 342 Å². The predicted octanol–water partition coefficient (Wildman–Crippen LogP) is 12.4. The van der Waals surface area contributed by atoms with E-state index in [1.54, 1.807) is 0 Å². The zero-order chi connectivity index (χ0) is 40.0. The lowest BCUT2D eigenvalue weighted by Gasteiger charge is -2.47. The summed E-state index contributed by atoms with van der Waals surface area (Å²) >= 11 is 0. The van der Waals surface area contributed by atoms with E-state index in [0.29, 0.717) is 38.9 Å². The molecular formula is C51H55F3O4. The van der Waals surface area contributed by atoms with Gasteiger partial charge in [-0.3, -0.25) is 0 Å². The molecule has 7 heteroatoms. The standard InChI is InChI=1S/C51H55F3O4/c52-50(53,54)36-44-32-33-45(55-37-39-20-8-3-9-21-39)47(57-44)30-18-1-2-19-31-48-46(56-38-40-22-10-4-11-23-40)34-35-49(58-48)51(41-24-12-5-13-25-41,42-26-14-6-15-27-42)43-28-16-7-17-29-43/h1-17,20-29,44-49H,18-19,30-38H2/b2-1+/t44-,45-,46+,47+,48+,49-/m0/s1. The summed E-state index contributed by atoms with van der Waals surface area (Å²) in [7, 11) is 0. The van der Waals surface area contributed by atoms with E-state index in [1.165, 1.54) is 16.7 Å². The van der Waals surface area contributed by atoms with E-state index in [2.05, 4.69) is 115 Å². The van der Waals surface area contributed by atoms with E-state index in [4.69, 9.17) is 18.9 Å². The summed E-state index contributed by atoms with van der Waals surface area (Å²) in [6.45, 7) is 0.915. The Bertz CT molecular complexity index is 1840. The highest BCUT2D eigenvalue weighted by Gasteiger charge is 2.48. The third-order valence-corrected chi connectivity index (χ3v) is 11.7. The zero-order valence-electron chi connectivity index (χ0n) is 33.1. The molecule has 7 rings (SSSR count). The first-order valence-corrected chi connectivity index (χ1v) is 20.9. The lowest BCUT2D eigenvalue weighted by atomic mass is 9.64. The minimum atomic E-state index is -4.27. The fraction of sp³-hybridized carbons (Fsp3) is 0.373. The van der Waals surface area contributed by atoms with E-state index >= 15 is 0 Å². The fourth-order valence-corrected chi connectivity index (χ4v) is 8.90. The summed E-state index contributed by atoms with van der Waals surface area (Å²) in [6.07, 6.45) is 2.53. The van der Waals surface area contributed by atoms with Crippen molar-refractivity contribution in [1.29, 1.82) is 0 Å². The quantitative estimate of drug-likeness (QED) is 0.0695. The molecule has 6 atom stereocenters. The van der Waals surface area contributed by atoms with Crippen LogP contribution >= 0.6 is 0 Å². The van der Waals surface area contributed by atoms with Gasteiger partial charge in [0.1, 0.15) is 0 Å². The molecule has 4 nitrogen and oxygen atoms in total. The highest BCUT2D eigenvalue weighted by atomic mass is 19.4. The maximum Gasteiger partial charge on any atom is 0.391 e. The molecule has 0 amide bonds. The number of alkyl halides is 3. The van der Waals surface area contributed by atoms with Crippen molar-refractivity contribution in [3.05, 3.63) is 192 Å². The third kappa shape index (κ3) is 10.9. The molecule has 2 saturated heterocycles. The van der Waals surface area contributed by atoms with Crippen LogP contribution in [-0.4, -0.2) is 42.8 Å². The molecule has 5 aromatic rings. The van der Waals surface area contributed by atoms with Crippen LogP contribution in [0.2, 0.25) is 0 Å². The Hall–Kier alpha value is -4.53. The van der Waals surface area contributed by atoms with Gasteiger partial charge in [-0.1, -0.05) is 164 Å². The average Bonchev–Trinajstić information content (AvgIpc) is 3.26. The van der Waals surface area contributed by atoms with Crippen molar-refractivity contribution in [3.63, 3.8) is 0 Å². The number of halogens is 3. The first-order chi connectivity index (χ1) is 28.4. The van der Waals surface area contributed by atoms with Gasteiger partial charge in [0.15, 0.2) is 0 Å². The average molecular weight is 789 g/mol. The van der Waals surface area contributed by atoms with Gasteiger partial charge in [0.05, 0.1) is 61.7 Å². The van der Waals surface area contributed by atoms with Crippen LogP contribution in [0.1, 0.15) is 85.6 Å². The van der Waals surface area contributed by atoms with Crippen LogP contribution in [0.4, 0.5) is 13.2 Å². The van der Waals surface area contributed by atoms with Crippen molar-refractivity contribution in [3.8, 4) is 0 Å². The van der Waals surface area contributed by atoms with Crippen molar-refractivity contribution in [2.75, 3.05) is 0 Å². The maximum atomic E-state index is 13.3. The van der Waals surface area contributed by atoms with Crippen LogP contribution in [0.15, 0.2) is 164 Å². The molecule has 2 aliphatic heterocycles. The third-order valence-electron chi connectivity index (χ3n) is 11.7. The van der Waals surface area contributed by atoms with Crippen molar-refractivity contribution < 1.29 is 32.1 Å². The van der Waals surface area contributed by atoms with Gasteiger partial charge < -0.3 is 18.9 Å². The molecule has 0 N–H and O–H groups in total. The minimum Gasteiger partial charge on any atom is -0.372 e. The summed E-state index contributed by atoms with van der Waals surface area (Å²) in [6, 6.07) is 52.3. The zero-order valence-corrected chi connectivity index (χ0v) is 33.1. The molecule has 0 spiro atoms. The van der Waals surface area contributed by atoms with Crippen molar-refractivity contribution in [1.82, 2.24) is 0 Å². The second kappa shape index (κ2) is 20.4. The molecule has 0 saturated carbocycles. The van der Waals surface area contributed by atoms with E-state index in [9.17, 15) is 13.2 Å². The topological polar surface area (TPSA) is 36.9 Å². The smallest absolute Gasteiger partial charge is 0.372 e. The Morgan fingerprint density at radius 2 is 0.897 bits per heavy atom. The SMILES string of the molecule is FC(F)(F)C[C@@H]1CC[C@H](OCc2ccccc2)[C@@H](CC/C=C/CC[C@H]2O[C@H](C(c3ccccc3)(c3ccccc3)c3ccccc3)CC[C@H]2OCc2ccccc2)O1. The molecule has 0 radical (unpaired) electrons. The van der Waals surface area contributed by atoms with Gasteiger partial charge in [0, 0.05) is 0 Å². The normalized spacial score (nSPS) is 22.9. The molecule has 5 aromatic carbocycles. The molecule has 2 heterocycles. The molecule has 0 aliphatic carbocycles. The Morgan fingerprint density at radius 3 is 1.33 bits per heavy atom. The molecule has 304 valence electrons. The molecule has 58 heavy (non-hydrogen) atoms. The van der Waals surface area contributed by atoms with E-state index in [1.807, 2.05) is 48.5 Å². The van der Waals surface area contributed by atoms with Gasteiger partial charge in [-0.25, -0.2) is 0 Å². The van der Waals surface area contributed by atoms with E-state index in [0.717, 1.165) is 36.8 Å². The van der Waals surface area contributed by atoms with Crippen LogP contribution < -0.4 is 0 Å². The first-order valence-electron chi connectivity index (χ1n) is 20.9. The molecule has 0 aromatic heterocycles. The number of hydrogen-bond acceptors (Lipinski definition) is 4. The van der Waals surface area contributed by atoms with Crippen LogP contribution in [0, 0.1) is 0 Å². The summed E-state index contributed by atoms with van der Waals surface area (Å²) in [5.41, 5.74) is 5.18. The fourth-order valence-electron chi connectivity index (χ4n) is 8.90. The molecule has 2 fully saturated rings. The van der Waals surface area contributed by atoms with Gasteiger partial charge in [-0.05, 0) is 79.2 Å². The van der Waals surface area contributed by atoms with Crippen LogP contribution in [0.3, 0.4) is 0 Å². The van der Waals surface area contributed by atoms with Gasteiger partial charge in [0.25, 0.3) is 0 Å². The summed E-state index contributed by atoms with van der Waals surface area (Å²) in [4.78, 5) is 0. The minimum absolute atomic E-state index is 0.0893. The number of benzene rings is 5. The highest BCUT2D eigenvalue weighted by molar-refractivity contribution is 5.52. The Morgan fingerprint density at radius 1 is 0.500 bits per heavy atom. The summed E-state index contributed by atoms with van der Waals surface area (Å²) in [5.74, 6) is 0. The Balaban J connectivity index is 1.07. The molecule has 0 unspecified atom stereocenters. The summed E-state index contributed by atoms with van der Waals surface area (Å²) in [5, 5.41) is 0. The molecule has 2 aliphatic rings. The van der Waals surface area contributed by atoms with Gasteiger partial charge in [0.2, 0.25) is 0 Å². The van der Waals surface area contributed by atoms with Crippen LogP contribution in [0.5, 0.6) is 0 Å². The first kappa shape index (κ1) is 41.6. The van der Waals surface area contributed by atoms with Gasteiger partial charge in [-0.15, -0.1) is 0 Å². The van der Waals surface area contributed by atoms with Gasteiger partial charge in [-0.2, -0.15) is 13.2 Å². The van der Waals surface area contributed by atoms with E-state index in [-0.39, 0.29) is 24.4 Å². The van der Waals surface area contributed by atoms with Crippen LogP contribution in [0.25, 0.3) is 0 Å². The predicted molar refractivity (Wildman–Crippen MR) is 223 cm³/mol. The van der Waals surface area contributed by atoms with Crippen molar-refractivity contribution >= 4 is 0 Å². The lowest BCUT2D eigenvalue weighted by Crippen LogP contribution is -2.51. The molecular weight excluding hydrogens is 734 g/mol. The maximum absolute atomic E-state index is 13.3. The second-order valence-corrected chi connectivity index (χ2v) is 15.6. The number of ether oxygens (including phenoxy) is 4. The van der Waals surface area contributed by atoms with Crippen molar-refractivity contribution in [2.24, 2.45) is 0 Å². The van der Waals surface area contributed by atoms with E-state index < -0.39 is 30.2 Å².